The maximum absolute atomic E-state index is 11.9. The lowest BCUT2D eigenvalue weighted by atomic mass is 9.72. The lowest BCUT2D eigenvalue weighted by molar-refractivity contribution is 0.0294. The van der Waals surface area contributed by atoms with Crippen LogP contribution in [-0.4, -0.2) is 73.2 Å². The Morgan fingerprint density at radius 2 is 2.14 bits per heavy atom. The molecular formula is C13H27BN2O5. The van der Waals surface area contributed by atoms with Gasteiger partial charge in [0, 0.05) is 38.6 Å². The van der Waals surface area contributed by atoms with Gasteiger partial charge in [0.2, 0.25) is 0 Å². The molecule has 122 valence electrons. The Morgan fingerprint density at radius 1 is 1.43 bits per heavy atom. The summed E-state index contributed by atoms with van der Waals surface area (Å²) in [4.78, 5) is 13.5. The van der Waals surface area contributed by atoms with Crippen LogP contribution in [0.15, 0.2) is 0 Å². The molecule has 21 heavy (non-hydrogen) atoms. The summed E-state index contributed by atoms with van der Waals surface area (Å²) in [6.07, 6.45) is 0.353. The van der Waals surface area contributed by atoms with Crippen LogP contribution in [0.5, 0.6) is 0 Å². The quantitative estimate of drug-likeness (QED) is 0.455. The molecule has 0 aliphatic carbocycles. The van der Waals surface area contributed by atoms with E-state index in [1.807, 2.05) is 20.8 Å². The van der Waals surface area contributed by atoms with Gasteiger partial charge in [-0.3, -0.25) is 0 Å². The molecule has 3 N–H and O–H groups in total. The van der Waals surface area contributed by atoms with Crippen molar-refractivity contribution < 1.29 is 24.3 Å². The van der Waals surface area contributed by atoms with E-state index in [0.717, 1.165) is 0 Å². The largest absolute Gasteiger partial charge is 0.459 e. The van der Waals surface area contributed by atoms with E-state index in [0.29, 0.717) is 39.2 Å². The van der Waals surface area contributed by atoms with Crippen LogP contribution >= 0.6 is 0 Å². The fourth-order valence-corrected chi connectivity index (χ4v) is 2.10. The van der Waals surface area contributed by atoms with Crippen LogP contribution in [0, 0.1) is 0 Å². The molecule has 1 fully saturated rings. The fraction of sp³-hybridized carbons (Fsp3) is 0.923. The summed E-state index contributed by atoms with van der Waals surface area (Å²) >= 11 is 0. The van der Waals surface area contributed by atoms with Gasteiger partial charge in [0.1, 0.15) is 5.60 Å². The van der Waals surface area contributed by atoms with Gasteiger partial charge in [0.15, 0.2) is 0 Å². The van der Waals surface area contributed by atoms with E-state index in [4.69, 9.17) is 14.5 Å². The highest BCUT2D eigenvalue weighted by atomic mass is 16.6. The van der Waals surface area contributed by atoms with Crippen LogP contribution < -0.4 is 5.32 Å². The van der Waals surface area contributed by atoms with Gasteiger partial charge in [0.05, 0.1) is 6.61 Å². The third-order valence-corrected chi connectivity index (χ3v) is 3.14. The Balaban J connectivity index is 2.25. The third-order valence-electron chi connectivity index (χ3n) is 3.14. The molecule has 0 unspecified atom stereocenters. The molecule has 1 amide bonds. The summed E-state index contributed by atoms with van der Waals surface area (Å²) in [6.45, 7) is 8.03. The van der Waals surface area contributed by atoms with Crippen LogP contribution in [-0.2, 0) is 9.39 Å². The molecule has 8 heteroatoms. The molecular weight excluding hydrogens is 275 g/mol. The van der Waals surface area contributed by atoms with Gasteiger partial charge in [-0.25, -0.2) is 4.79 Å². The number of aliphatic hydroxyl groups excluding tert-OH is 1. The molecule has 0 aromatic rings. The number of hydrogen-bond acceptors (Lipinski definition) is 6. The lowest BCUT2D eigenvalue weighted by Gasteiger charge is -2.24. The molecule has 0 aromatic carbocycles. The number of ether oxygens (including phenoxy) is 1. The molecule has 1 aliphatic heterocycles. The summed E-state index contributed by atoms with van der Waals surface area (Å²) in [5.74, 6) is -0.0876. The number of hydrogen-bond donors (Lipinski definition) is 3. The number of nitrogens with one attached hydrogen (secondary N) is 1. The van der Waals surface area contributed by atoms with Crippen molar-refractivity contribution in [2.75, 3.05) is 39.4 Å². The smallest absolute Gasteiger partial charge is 0.444 e. The van der Waals surface area contributed by atoms with Gasteiger partial charge in [0.25, 0.3) is 0 Å². The van der Waals surface area contributed by atoms with Crippen molar-refractivity contribution in [3.63, 3.8) is 0 Å². The van der Waals surface area contributed by atoms with Crippen LogP contribution in [0.3, 0.4) is 0 Å². The van der Waals surface area contributed by atoms with Crippen LogP contribution in [0.1, 0.15) is 27.2 Å². The van der Waals surface area contributed by atoms with Crippen molar-refractivity contribution in [3.8, 4) is 0 Å². The van der Waals surface area contributed by atoms with E-state index in [1.54, 1.807) is 4.90 Å². The average molecular weight is 302 g/mol. The van der Waals surface area contributed by atoms with E-state index in [1.165, 1.54) is 0 Å². The summed E-state index contributed by atoms with van der Waals surface area (Å²) in [5.41, 5.74) is -0.511. The fourth-order valence-electron chi connectivity index (χ4n) is 2.10. The van der Waals surface area contributed by atoms with Crippen LogP contribution in [0.25, 0.3) is 0 Å². The molecule has 0 saturated carbocycles. The molecule has 7 nitrogen and oxygen atoms in total. The molecule has 1 heterocycles. The maximum atomic E-state index is 11.9. The normalized spacial score (nSPS) is 18.9. The monoisotopic (exact) mass is 302 g/mol. The Labute approximate surface area is 126 Å². The van der Waals surface area contributed by atoms with E-state index in [2.05, 4.69) is 5.32 Å². The number of likely N-dealkylation sites (tertiary alicyclic amines) is 1. The SMILES string of the molecule is CC(C)(C)OC(=O)N1CC[C@@H](B(O)OCCNCCO)C1. The predicted molar refractivity (Wildman–Crippen MR) is 80.1 cm³/mol. The highest BCUT2D eigenvalue weighted by Gasteiger charge is 2.37. The molecule has 1 aliphatic rings. The first-order chi connectivity index (χ1) is 9.83. The van der Waals surface area contributed by atoms with E-state index in [-0.39, 0.29) is 18.5 Å². The second-order valence-corrected chi connectivity index (χ2v) is 6.21. The van der Waals surface area contributed by atoms with Crippen molar-refractivity contribution in [1.82, 2.24) is 10.2 Å². The zero-order valence-electron chi connectivity index (χ0n) is 13.2. The number of carbonyl (C=O) groups is 1. The molecule has 0 bridgehead atoms. The van der Waals surface area contributed by atoms with E-state index >= 15 is 0 Å². The topological polar surface area (TPSA) is 91.3 Å². The Morgan fingerprint density at radius 3 is 2.76 bits per heavy atom. The first-order valence-corrected chi connectivity index (χ1v) is 7.42. The summed E-state index contributed by atoms with van der Waals surface area (Å²) < 4.78 is 10.6. The molecule has 0 spiro atoms. The van der Waals surface area contributed by atoms with Crippen molar-refractivity contribution in [3.05, 3.63) is 0 Å². The minimum absolute atomic E-state index is 0.0794. The van der Waals surface area contributed by atoms with Crippen molar-refractivity contribution in [1.29, 1.82) is 0 Å². The minimum Gasteiger partial charge on any atom is -0.444 e. The van der Waals surface area contributed by atoms with Crippen molar-refractivity contribution in [2.45, 2.75) is 38.6 Å². The molecule has 1 atom stereocenters. The Hall–Kier alpha value is -0.825. The van der Waals surface area contributed by atoms with Crippen molar-refractivity contribution >= 4 is 13.2 Å². The zero-order chi connectivity index (χ0) is 15.9. The van der Waals surface area contributed by atoms with Gasteiger partial charge in [-0.1, -0.05) is 0 Å². The third kappa shape index (κ3) is 7.13. The molecule has 1 rings (SSSR count). The van der Waals surface area contributed by atoms with Crippen molar-refractivity contribution in [2.24, 2.45) is 0 Å². The van der Waals surface area contributed by atoms with Gasteiger partial charge in [-0.05, 0) is 27.2 Å². The number of nitrogens with zero attached hydrogens (tertiary/aromatic N) is 1. The van der Waals surface area contributed by atoms with Gasteiger partial charge >= 0.3 is 13.2 Å². The van der Waals surface area contributed by atoms with Crippen LogP contribution in [0.4, 0.5) is 4.79 Å². The molecule has 0 radical (unpaired) electrons. The first-order valence-electron chi connectivity index (χ1n) is 7.42. The standard InChI is InChI=1S/C13H27BN2O5/c1-13(2,3)21-12(18)16-7-4-11(10-16)14(19)20-9-6-15-5-8-17/h11,15,17,19H,4-10H2,1-3H3/t11-/m1/s1. The highest BCUT2D eigenvalue weighted by Crippen LogP contribution is 2.25. The molecule has 0 aromatic heterocycles. The maximum Gasteiger partial charge on any atom is 0.459 e. The minimum atomic E-state index is -0.881. The molecule has 1 saturated heterocycles. The number of rotatable bonds is 7. The summed E-state index contributed by atoms with van der Waals surface area (Å²) in [7, 11) is -0.881. The number of amides is 1. The number of carbonyl (C=O) groups excluding carboxylic acids is 1. The Bertz CT molecular complexity index is 324. The second kappa shape index (κ2) is 8.58. The van der Waals surface area contributed by atoms with E-state index in [9.17, 15) is 9.82 Å². The van der Waals surface area contributed by atoms with Gasteiger partial charge < -0.3 is 29.7 Å². The second-order valence-electron chi connectivity index (χ2n) is 6.21. The van der Waals surface area contributed by atoms with Gasteiger partial charge in [-0.15, -0.1) is 0 Å². The zero-order valence-corrected chi connectivity index (χ0v) is 13.2. The summed E-state index contributed by atoms with van der Waals surface area (Å²) in [5, 5.41) is 21.5. The lowest BCUT2D eigenvalue weighted by Crippen LogP contribution is -2.36. The summed E-state index contributed by atoms with van der Waals surface area (Å²) in [6, 6.07) is 0. The number of aliphatic hydroxyl groups is 1. The van der Waals surface area contributed by atoms with Gasteiger partial charge in [-0.2, -0.15) is 0 Å². The van der Waals surface area contributed by atoms with E-state index < -0.39 is 12.7 Å². The predicted octanol–water partition coefficient (Wildman–Crippen LogP) is 0.0764. The highest BCUT2D eigenvalue weighted by molar-refractivity contribution is 6.45. The first kappa shape index (κ1) is 18.2. The Kier molecular flexibility index (Phi) is 7.44. The van der Waals surface area contributed by atoms with Crippen LogP contribution in [0.2, 0.25) is 5.82 Å². The average Bonchev–Trinajstić information content (AvgIpc) is 2.86.